The van der Waals surface area contributed by atoms with Crippen LogP contribution in [0.15, 0.2) is 16.6 Å². The van der Waals surface area contributed by atoms with Gasteiger partial charge in [0.15, 0.2) is 0 Å². The van der Waals surface area contributed by atoms with E-state index in [0.29, 0.717) is 13.2 Å². The van der Waals surface area contributed by atoms with E-state index in [0.717, 1.165) is 11.0 Å². The number of halogens is 1. The number of carbonyl (C=O) groups excluding carboxylic acids is 1. The van der Waals surface area contributed by atoms with E-state index in [2.05, 4.69) is 52.5 Å². The summed E-state index contributed by atoms with van der Waals surface area (Å²) in [6.45, 7) is 7.98. The molecule has 1 aromatic rings. The van der Waals surface area contributed by atoms with Gasteiger partial charge in [0, 0.05) is 17.6 Å². The highest BCUT2D eigenvalue weighted by Crippen LogP contribution is 2.20. The Hall–Kier alpha value is -0.910. The molecule has 1 aliphatic heterocycles. The van der Waals surface area contributed by atoms with Crippen LogP contribution >= 0.6 is 15.9 Å². The minimum Gasteiger partial charge on any atom is -0.375 e. The first-order valence-corrected chi connectivity index (χ1v) is 7.66. The number of aryl methyl sites for hydroxylation is 2. The topological polar surface area (TPSA) is 50.4 Å². The summed E-state index contributed by atoms with van der Waals surface area (Å²) in [5.74, 6) is -0.00100. The van der Waals surface area contributed by atoms with Crippen LogP contribution in [0.1, 0.15) is 23.6 Å². The van der Waals surface area contributed by atoms with Crippen LogP contribution in [0.3, 0.4) is 0 Å². The summed E-state index contributed by atoms with van der Waals surface area (Å²) in [4.78, 5) is 12.2. The van der Waals surface area contributed by atoms with Gasteiger partial charge in [-0.3, -0.25) is 4.79 Å². The fourth-order valence-electron chi connectivity index (χ4n) is 2.53. The molecule has 0 radical (unpaired) electrons. The molecule has 0 aromatic heterocycles. The second kappa shape index (κ2) is 6.70. The molecule has 1 heterocycles. The lowest BCUT2D eigenvalue weighted by molar-refractivity contribution is -0.129. The third-order valence-electron chi connectivity index (χ3n) is 3.70. The molecular weight excluding hydrogens is 320 g/mol. The Morgan fingerprint density at radius 2 is 2.10 bits per heavy atom. The Labute approximate surface area is 128 Å². The summed E-state index contributed by atoms with van der Waals surface area (Å²) < 4.78 is 6.57. The molecule has 0 unspecified atom stereocenters. The first kappa shape index (κ1) is 15.5. The maximum absolute atomic E-state index is 12.2. The molecule has 1 saturated heterocycles. The van der Waals surface area contributed by atoms with Gasteiger partial charge in [-0.1, -0.05) is 15.9 Å². The van der Waals surface area contributed by atoms with Crippen molar-refractivity contribution in [2.45, 2.75) is 39.5 Å². The molecular formula is C15H21BrN2O2. The van der Waals surface area contributed by atoms with Crippen molar-refractivity contribution in [3.05, 3.63) is 33.3 Å². The summed E-state index contributed by atoms with van der Waals surface area (Å²) in [6, 6.07) is 3.87. The van der Waals surface area contributed by atoms with E-state index >= 15 is 0 Å². The number of hydrogen-bond donors (Lipinski definition) is 2. The van der Waals surface area contributed by atoms with Gasteiger partial charge in [0.1, 0.15) is 6.04 Å². The van der Waals surface area contributed by atoms with E-state index in [1.807, 2.05) is 6.92 Å². The van der Waals surface area contributed by atoms with Gasteiger partial charge in [0.05, 0.1) is 12.7 Å². The Balaban J connectivity index is 2.00. The van der Waals surface area contributed by atoms with Gasteiger partial charge in [-0.2, -0.15) is 0 Å². The number of ether oxygens (including phenoxy) is 1. The third kappa shape index (κ3) is 3.59. The summed E-state index contributed by atoms with van der Waals surface area (Å²) in [7, 11) is 0. The highest BCUT2D eigenvalue weighted by atomic mass is 79.9. The van der Waals surface area contributed by atoms with E-state index in [-0.39, 0.29) is 18.1 Å². The zero-order valence-corrected chi connectivity index (χ0v) is 13.7. The van der Waals surface area contributed by atoms with Crippen LogP contribution in [0.25, 0.3) is 0 Å². The predicted molar refractivity (Wildman–Crippen MR) is 82.7 cm³/mol. The monoisotopic (exact) mass is 340 g/mol. The van der Waals surface area contributed by atoms with Crippen LogP contribution in [0.4, 0.5) is 0 Å². The van der Waals surface area contributed by atoms with Crippen LogP contribution in [0.2, 0.25) is 0 Å². The number of nitrogens with one attached hydrogen (secondary N) is 2. The molecule has 2 atom stereocenters. The molecule has 20 heavy (non-hydrogen) atoms. The summed E-state index contributed by atoms with van der Waals surface area (Å²) in [5.41, 5.74) is 3.53. The van der Waals surface area contributed by atoms with Crippen molar-refractivity contribution in [1.29, 1.82) is 0 Å². The fraction of sp³-hybridized carbons (Fsp3) is 0.533. The molecule has 1 amide bonds. The normalized spacial score (nSPS) is 22.6. The largest absolute Gasteiger partial charge is 0.375 e. The van der Waals surface area contributed by atoms with Crippen molar-refractivity contribution in [2.24, 2.45) is 0 Å². The lowest BCUT2D eigenvalue weighted by Gasteiger charge is -2.29. The number of hydrogen-bond acceptors (Lipinski definition) is 3. The molecule has 1 fully saturated rings. The van der Waals surface area contributed by atoms with Crippen LogP contribution in [-0.2, 0) is 16.1 Å². The zero-order valence-electron chi connectivity index (χ0n) is 12.1. The first-order chi connectivity index (χ1) is 9.49. The molecule has 110 valence electrons. The number of carbonyl (C=O) groups is 1. The Bertz CT molecular complexity index is 482. The highest BCUT2D eigenvalue weighted by molar-refractivity contribution is 9.10. The molecule has 0 spiro atoms. The second-order valence-corrected chi connectivity index (χ2v) is 6.16. The van der Waals surface area contributed by atoms with Gasteiger partial charge in [-0.05, 0) is 49.6 Å². The van der Waals surface area contributed by atoms with Crippen molar-refractivity contribution in [3.63, 3.8) is 0 Å². The molecule has 0 saturated carbocycles. The SMILES string of the molecule is Cc1cc(Br)cc(C)c1CNC(=O)[C@H]1NCCO[C@@H]1C. The molecule has 1 aliphatic rings. The van der Waals surface area contributed by atoms with Gasteiger partial charge in [0.25, 0.3) is 0 Å². The fourth-order valence-corrected chi connectivity index (χ4v) is 3.22. The van der Waals surface area contributed by atoms with Crippen molar-refractivity contribution in [3.8, 4) is 0 Å². The lowest BCUT2D eigenvalue weighted by atomic mass is 10.0. The Morgan fingerprint density at radius 3 is 2.70 bits per heavy atom. The Kier molecular flexibility index (Phi) is 5.18. The second-order valence-electron chi connectivity index (χ2n) is 5.24. The number of benzene rings is 1. The number of morpholine rings is 1. The molecule has 0 aliphatic carbocycles. The highest BCUT2D eigenvalue weighted by Gasteiger charge is 2.28. The molecule has 0 bridgehead atoms. The van der Waals surface area contributed by atoms with E-state index in [4.69, 9.17) is 4.74 Å². The summed E-state index contributed by atoms with van der Waals surface area (Å²) in [5, 5.41) is 6.20. The Morgan fingerprint density at radius 1 is 1.45 bits per heavy atom. The van der Waals surface area contributed by atoms with Crippen molar-refractivity contribution >= 4 is 21.8 Å². The molecule has 5 heteroatoms. The lowest BCUT2D eigenvalue weighted by Crippen LogP contribution is -2.55. The van der Waals surface area contributed by atoms with Crippen LogP contribution in [-0.4, -0.2) is 31.2 Å². The average molecular weight is 341 g/mol. The summed E-state index contributed by atoms with van der Waals surface area (Å²) in [6.07, 6.45) is -0.0872. The maximum atomic E-state index is 12.2. The van der Waals surface area contributed by atoms with E-state index < -0.39 is 0 Å². The van der Waals surface area contributed by atoms with E-state index in [1.54, 1.807) is 0 Å². The zero-order chi connectivity index (χ0) is 14.7. The van der Waals surface area contributed by atoms with Crippen molar-refractivity contribution < 1.29 is 9.53 Å². The van der Waals surface area contributed by atoms with Crippen molar-refractivity contribution in [2.75, 3.05) is 13.2 Å². The smallest absolute Gasteiger partial charge is 0.240 e. The number of rotatable bonds is 3. The van der Waals surface area contributed by atoms with Crippen molar-refractivity contribution in [1.82, 2.24) is 10.6 Å². The van der Waals surface area contributed by atoms with Gasteiger partial charge >= 0.3 is 0 Å². The third-order valence-corrected chi connectivity index (χ3v) is 4.16. The van der Waals surface area contributed by atoms with Crippen LogP contribution in [0.5, 0.6) is 0 Å². The first-order valence-electron chi connectivity index (χ1n) is 6.87. The van der Waals surface area contributed by atoms with Crippen LogP contribution < -0.4 is 10.6 Å². The average Bonchev–Trinajstić information content (AvgIpc) is 2.37. The molecule has 2 rings (SSSR count). The van der Waals surface area contributed by atoms with E-state index in [9.17, 15) is 4.79 Å². The molecule has 1 aromatic carbocycles. The predicted octanol–water partition coefficient (Wildman–Crippen LogP) is 2.06. The van der Waals surface area contributed by atoms with Gasteiger partial charge < -0.3 is 15.4 Å². The minimum atomic E-state index is -0.264. The standard InChI is InChI=1S/C15H21BrN2O2/c1-9-6-12(16)7-10(2)13(9)8-18-15(19)14-11(3)20-5-4-17-14/h6-7,11,14,17H,4-5,8H2,1-3H3,(H,18,19)/t11-,14+/m1/s1. The number of amides is 1. The van der Waals surface area contributed by atoms with E-state index in [1.165, 1.54) is 16.7 Å². The van der Waals surface area contributed by atoms with Gasteiger partial charge in [0.2, 0.25) is 5.91 Å². The van der Waals surface area contributed by atoms with Gasteiger partial charge in [-0.25, -0.2) is 0 Å². The minimum absolute atomic E-state index is 0.00100. The summed E-state index contributed by atoms with van der Waals surface area (Å²) >= 11 is 3.48. The molecule has 4 nitrogen and oxygen atoms in total. The van der Waals surface area contributed by atoms with Crippen LogP contribution in [0, 0.1) is 13.8 Å². The quantitative estimate of drug-likeness (QED) is 0.885. The molecule has 2 N–H and O–H groups in total. The maximum Gasteiger partial charge on any atom is 0.240 e. The van der Waals surface area contributed by atoms with Gasteiger partial charge in [-0.15, -0.1) is 0 Å².